The van der Waals surface area contributed by atoms with Crippen LogP contribution in [0.1, 0.15) is 48.9 Å². The van der Waals surface area contributed by atoms with E-state index >= 15 is 0 Å². The first kappa shape index (κ1) is 26.8. The topological polar surface area (TPSA) is 121 Å². The maximum Gasteiger partial charge on any atom is 0.319 e. The number of piperidine rings is 1. The molecule has 1 unspecified atom stereocenters. The second kappa shape index (κ2) is 11.4. The van der Waals surface area contributed by atoms with Crippen molar-refractivity contribution in [2.75, 3.05) is 26.2 Å². The van der Waals surface area contributed by atoms with E-state index in [9.17, 15) is 28.9 Å². The minimum Gasteiger partial charge on any atom is -0.352 e. The van der Waals surface area contributed by atoms with E-state index in [2.05, 4.69) is 33.0 Å². The molecule has 0 aliphatic carbocycles. The average Bonchev–Trinajstić information content (AvgIpc) is 2.92. The van der Waals surface area contributed by atoms with E-state index in [1.807, 2.05) is 12.1 Å². The van der Waals surface area contributed by atoms with E-state index in [0.29, 0.717) is 56.7 Å². The van der Waals surface area contributed by atoms with Crippen LogP contribution in [-0.4, -0.2) is 43.0 Å². The van der Waals surface area contributed by atoms with Crippen molar-refractivity contribution in [3.8, 4) is 12.1 Å². The summed E-state index contributed by atoms with van der Waals surface area (Å²) in [5, 5.41) is 27.5. The number of rotatable bonds is 7. The van der Waals surface area contributed by atoms with Crippen molar-refractivity contribution in [2.24, 2.45) is 0 Å². The fourth-order valence-electron chi connectivity index (χ4n) is 5.13. The molecule has 10 heteroatoms. The van der Waals surface area contributed by atoms with Crippen LogP contribution in [0.25, 0.3) is 0 Å². The van der Waals surface area contributed by atoms with Crippen LogP contribution in [0.4, 0.5) is 13.6 Å². The maximum absolute atomic E-state index is 13.8. The van der Waals surface area contributed by atoms with Gasteiger partial charge in [-0.1, -0.05) is 24.3 Å². The van der Waals surface area contributed by atoms with Gasteiger partial charge >= 0.3 is 6.03 Å². The van der Waals surface area contributed by atoms with Gasteiger partial charge in [0.25, 0.3) is 5.91 Å². The van der Waals surface area contributed by atoms with Crippen LogP contribution in [0.2, 0.25) is 0 Å². The molecule has 3 N–H and O–H groups in total. The summed E-state index contributed by atoms with van der Waals surface area (Å²) >= 11 is 0. The van der Waals surface area contributed by atoms with Crippen molar-refractivity contribution in [1.82, 2.24) is 20.9 Å². The Kier molecular flexibility index (Phi) is 8.04. The van der Waals surface area contributed by atoms with Crippen LogP contribution in [0, 0.1) is 34.3 Å². The summed E-state index contributed by atoms with van der Waals surface area (Å²) in [6.07, 6.45) is 1.88. The molecule has 0 radical (unpaired) electrons. The van der Waals surface area contributed by atoms with Gasteiger partial charge in [-0.2, -0.15) is 10.5 Å². The van der Waals surface area contributed by atoms with E-state index < -0.39 is 35.0 Å². The van der Waals surface area contributed by atoms with Gasteiger partial charge in [0.15, 0.2) is 11.6 Å². The molecule has 38 heavy (non-hydrogen) atoms. The van der Waals surface area contributed by atoms with Crippen molar-refractivity contribution >= 4 is 11.9 Å². The number of benzene rings is 2. The lowest BCUT2D eigenvalue weighted by molar-refractivity contribution is -0.118. The maximum atomic E-state index is 13.8. The molecule has 2 heterocycles. The van der Waals surface area contributed by atoms with Crippen LogP contribution in [0.15, 0.2) is 53.7 Å². The quantitative estimate of drug-likeness (QED) is 0.485. The summed E-state index contributed by atoms with van der Waals surface area (Å²) in [5.41, 5.74) is 1.45. The molecule has 4 rings (SSSR count). The molecule has 2 aliphatic heterocycles. The first-order valence-corrected chi connectivity index (χ1v) is 12.4. The van der Waals surface area contributed by atoms with Gasteiger partial charge < -0.3 is 20.9 Å². The molecule has 2 aromatic carbocycles. The lowest BCUT2D eigenvalue weighted by Gasteiger charge is -2.38. The van der Waals surface area contributed by atoms with Crippen molar-refractivity contribution in [3.05, 3.63) is 82.1 Å². The van der Waals surface area contributed by atoms with Crippen molar-refractivity contribution in [3.63, 3.8) is 0 Å². The molecule has 2 aromatic rings. The number of amides is 3. The molecule has 1 saturated heterocycles. The smallest absolute Gasteiger partial charge is 0.319 e. The highest BCUT2D eigenvalue weighted by molar-refractivity contribution is 5.98. The fraction of sp³-hybridized carbons (Fsp3) is 0.357. The van der Waals surface area contributed by atoms with Gasteiger partial charge in [0, 0.05) is 12.2 Å². The number of nitrogens with zero attached hydrogens (tertiary/aromatic N) is 3. The van der Waals surface area contributed by atoms with Crippen molar-refractivity contribution in [2.45, 2.75) is 37.6 Å². The number of carbonyl (C=O) groups excluding carboxylic acids is 2. The minimum absolute atomic E-state index is 0.226. The lowest BCUT2D eigenvalue weighted by Crippen LogP contribution is -2.47. The van der Waals surface area contributed by atoms with Crippen LogP contribution in [0.3, 0.4) is 0 Å². The number of carbonyl (C=O) groups is 2. The summed E-state index contributed by atoms with van der Waals surface area (Å²) < 4.78 is 27.2. The molecule has 0 bridgehead atoms. The second-order valence-electron chi connectivity index (χ2n) is 9.55. The fourth-order valence-corrected chi connectivity index (χ4v) is 5.13. The molecule has 1 atom stereocenters. The van der Waals surface area contributed by atoms with E-state index in [1.165, 1.54) is 6.07 Å². The lowest BCUT2D eigenvalue weighted by atomic mass is 9.72. The summed E-state index contributed by atoms with van der Waals surface area (Å²) in [7, 11) is 0. The van der Waals surface area contributed by atoms with Gasteiger partial charge in [0.05, 0.1) is 34.7 Å². The second-order valence-corrected chi connectivity index (χ2v) is 9.55. The number of hydrogen-bond donors (Lipinski definition) is 3. The Morgan fingerprint density at radius 2 is 1.89 bits per heavy atom. The number of allylic oxidation sites excluding steroid dienone is 1. The summed E-state index contributed by atoms with van der Waals surface area (Å²) in [5.74, 6) is -2.49. The predicted molar refractivity (Wildman–Crippen MR) is 135 cm³/mol. The third-order valence-corrected chi connectivity index (χ3v) is 7.21. The Morgan fingerprint density at radius 1 is 1.16 bits per heavy atom. The van der Waals surface area contributed by atoms with Gasteiger partial charge in [-0.25, -0.2) is 13.6 Å². The molecular formula is C28H28F2N6O2. The normalized spacial score (nSPS) is 19.1. The van der Waals surface area contributed by atoms with Gasteiger partial charge in [-0.15, -0.1) is 0 Å². The van der Waals surface area contributed by atoms with E-state index in [4.69, 9.17) is 0 Å². The third kappa shape index (κ3) is 5.51. The zero-order chi connectivity index (χ0) is 27.3. The standard InChI is InChI=1S/C28H28F2N6O2/c1-18-24(25(35-27(38)34-18)19-7-8-22(29)23(30)15-19)26(37)33-11-4-12-36-13-9-28(17-32,10-14-36)21-6-3-2-5-20(21)16-31/h2-3,5-8,15,25H,4,9-14H2,1H3,(H,33,37)(H2,34,35,38). The van der Waals surface area contributed by atoms with Crippen LogP contribution in [-0.2, 0) is 10.2 Å². The summed E-state index contributed by atoms with van der Waals surface area (Å²) in [4.78, 5) is 27.3. The number of likely N-dealkylation sites (tertiary alicyclic amines) is 1. The molecule has 8 nitrogen and oxygen atoms in total. The summed E-state index contributed by atoms with van der Waals surface area (Å²) in [6, 6.07) is 13.7. The highest BCUT2D eigenvalue weighted by Gasteiger charge is 2.38. The molecule has 196 valence electrons. The van der Waals surface area contributed by atoms with Crippen LogP contribution >= 0.6 is 0 Å². The zero-order valence-electron chi connectivity index (χ0n) is 21.0. The monoisotopic (exact) mass is 518 g/mol. The van der Waals surface area contributed by atoms with E-state index in [0.717, 1.165) is 17.7 Å². The minimum atomic E-state index is -1.06. The molecule has 0 aromatic heterocycles. The van der Waals surface area contributed by atoms with Crippen LogP contribution in [0.5, 0.6) is 0 Å². The Bertz CT molecular complexity index is 1350. The highest BCUT2D eigenvalue weighted by Crippen LogP contribution is 2.36. The first-order valence-electron chi connectivity index (χ1n) is 12.4. The van der Waals surface area contributed by atoms with Crippen LogP contribution < -0.4 is 16.0 Å². The van der Waals surface area contributed by atoms with Crippen molar-refractivity contribution < 1.29 is 18.4 Å². The molecule has 0 saturated carbocycles. The highest BCUT2D eigenvalue weighted by atomic mass is 19.2. The number of hydrogen-bond acceptors (Lipinski definition) is 5. The SMILES string of the molecule is CC1=C(C(=O)NCCCN2CCC(C#N)(c3ccccc3C#N)CC2)C(c2ccc(F)c(F)c2)NC(=O)N1. The molecule has 0 spiro atoms. The largest absolute Gasteiger partial charge is 0.352 e. The Balaban J connectivity index is 1.33. The third-order valence-electron chi connectivity index (χ3n) is 7.21. The number of nitriles is 2. The Morgan fingerprint density at radius 3 is 2.58 bits per heavy atom. The predicted octanol–water partition coefficient (Wildman–Crippen LogP) is 3.53. The van der Waals surface area contributed by atoms with Gasteiger partial charge in [0.2, 0.25) is 0 Å². The van der Waals surface area contributed by atoms with Gasteiger partial charge in [-0.05, 0) is 75.1 Å². The van der Waals surface area contributed by atoms with Crippen molar-refractivity contribution in [1.29, 1.82) is 10.5 Å². The van der Waals surface area contributed by atoms with E-state index in [-0.39, 0.29) is 11.1 Å². The molecule has 1 fully saturated rings. The Hall–Kier alpha value is -4.28. The Labute approximate surface area is 219 Å². The van der Waals surface area contributed by atoms with Gasteiger partial charge in [-0.3, -0.25) is 4.79 Å². The zero-order valence-corrected chi connectivity index (χ0v) is 21.0. The number of nitrogens with one attached hydrogen (secondary N) is 3. The summed E-state index contributed by atoms with van der Waals surface area (Å²) in [6.45, 7) is 4.05. The molecule has 3 amide bonds. The molecular weight excluding hydrogens is 490 g/mol. The van der Waals surface area contributed by atoms with E-state index in [1.54, 1.807) is 19.1 Å². The molecule has 2 aliphatic rings. The first-order chi connectivity index (χ1) is 18.3. The number of urea groups is 1. The average molecular weight is 519 g/mol. The van der Waals surface area contributed by atoms with Gasteiger partial charge in [0.1, 0.15) is 0 Å². The number of halogens is 2.